The van der Waals surface area contributed by atoms with Crippen molar-refractivity contribution in [3.05, 3.63) is 58.7 Å². The second kappa shape index (κ2) is 7.79. The van der Waals surface area contributed by atoms with Crippen LogP contribution in [0, 0.1) is 20.8 Å². The smallest absolute Gasteiger partial charge is 0.255 e. The molecule has 2 aromatic rings. The zero-order valence-electron chi connectivity index (χ0n) is 14.1. The third-order valence-electron chi connectivity index (χ3n) is 3.59. The number of hydrogen-bond donors (Lipinski definition) is 1. The predicted octanol–water partition coefficient (Wildman–Crippen LogP) is 3.89. The fourth-order valence-electron chi connectivity index (χ4n) is 2.51. The van der Waals surface area contributed by atoms with Crippen molar-refractivity contribution in [2.24, 2.45) is 0 Å². The van der Waals surface area contributed by atoms with Gasteiger partial charge in [0.1, 0.15) is 12.4 Å². The predicted molar refractivity (Wildman–Crippen MR) is 92.4 cm³/mol. The van der Waals surface area contributed by atoms with Crippen molar-refractivity contribution in [2.45, 2.75) is 20.8 Å². The van der Waals surface area contributed by atoms with Crippen LogP contribution in [0.25, 0.3) is 0 Å². The number of anilines is 1. The molecule has 0 aromatic heterocycles. The van der Waals surface area contributed by atoms with Crippen molar-refractivity contribution in [3.63, 3.8) is 0 Å². The van der Waals surface area contributed by atoms with Crippen molar-refractivity contribution < 1.29 is 14.3 Å². The minimum atomic E-state index is -0.122. The number of carbonyl (C=O) groups excluding carboxylic acids is 1. The van der Waals surface area contributed by atoms with E-state index in [4.69, 9.17) is 9.47 Å². The van der Waals surface area contributed by atoms with E-state index in [9.17, 15) is 4.79 Å². The number of benzene rings is 2. The second-order valence-corrected chi connectivity index (χ2v) is 5.59. The van der Waals surface area contributed by atoms with E-state index in [2.05, 4.69) is 17.4 Å². The first kappa shape index (κ1) is 17.0. The molecule has 1 amide bonds. The summed E-state index contributed by atoms with van der Waals surface area (Å²) >= 11 is 0. The number of ether oxygens (including phenoxy) is 2. The van der Waals surface area contributed by atoms with Gasteiger partial charge in [-0.15, -0.1) is 0 Å². The molecule has 23 heavy (non-hydrogen) atoms. The van der Waals surface area contributed by atoms with Crippen LogP contribution in [0.3, 0.4) is 0 Å². The second-order valence-electron chi connectivity index (χ2n) is 5.59. The Morgan fingerprint density at radius 1 is 1.00 bits per heavy atom. The fourth-order valence-corrected chi connectivity index (χ4v) is 2.51. The largest absolute Gasteiger partial charge is 0.491 e. The Morgan fingerprint density at radius 2 is 1.61 bits per heavy atom. The molecule has 1 N–H and O–H groups in total. The van der Waals surface area contributed by atoms with Gasteiger partial charge in [-0.05, 0) is 56.2 Å². The maximum atomic E-state index is 12.4. The molecule has 0 atom stereocenters. The Labute approximate surface area is 137 Å². The summed E-state index contributed by atoms with van der Waals surface area (Å²) in [6.45, 7) is 7.08. The van der Waals surface area contributed by atoms with E-state index < -0.39 is 0 Å². The lowest BCUT2D eigenvalue weighted by Crippen LogP contribution is -2.14. The molecule has 122 valence electrons. The molecule has 0 bridgehead atoms. The van der Waals surface area contributed by atoms with Gasteiger partial charge in [0.05, 0.1) is 6.61 Å². The summed E-state index contributed by atoms with van der Waals surface area (Å²) in [4.78, 5) is 12.4. The maximum absolute atomic E-state index is 12.4. The van der Waals surface area contributed by atoms with Crippen LogP contribution < -0.4 is 10.1 Å². The van der Waals surface area contributed by atoms with E-state index in [0.29, 0.717) is 18.8 Å². The summed E-state index contributed by atoms with van der Waals surface area (Å²) in [5.41, 5.74) is 4.80. The molecule has 0 saturated heterocycles. The van der Waals surface area contributed by atoms with Gasteiger partial charge in [-0.25, -0.2) is 0 Å². The van der Waals surface area contributed by atoms with E-state index in [0.717, 1.165) is 22.6 Å². The van der Waals surface area contributed by atoms with Crippen LogP contribution in [0.4, 0.5) is 5.69 Å². The van der Waals surface area contributed by atoms with Gasteiger partial charge >= 0.3 is 0 Å². The molecule has 0 fully saturated rings. The van der Waals surface area contributed by atoms with Crippen molar-refractivity contribution in [2.75, 3.05) is 25.6 Å². The van der Waals surface area contributed by atoms with E-state index in [1.165, 1.54) is 5.56 Å². The van der Waals surface area contributed by atoms with Crippen LogP contribution in [0.15, 0.2) is 36.4 Å². The van der Waals surface area contributed by atoms with Gasteiger partial charge in [-0.1, -0.05) is 17.7 Å². The lowest BCUT2D eigenvalue weighted by Gasteiger charge is -2.13. The van der Waals surface area contributed by atoms with E-state index in [-0.39, 0.29) is 5.91 Å². The Hall–Kier alpha value is -2.33. The van der Waals surface area contributed by atoms with Crippen LogP contribution in [-0.2, 0) is 4.74 Å². The normalized spacial score (nSPS) is 10.4. The molecule has 2 rings (SSSR count). The number of aryl methyl sites for hydroxylation is 3. The van der Waals surface area contributed by atoms with Gasteiger partial charge in [-0.3, -0.25) is 4.79 Å². The number of hydrogen-bond acceptors (Lipinski definition) is 3. The quantitative estimate of drug-likeness (QED) is 0.823. The van der Waals surface area contributed by atoms with Crippen LogP contribution in [0.1, 0.15) is 27.0 Å². The molecule has 0 heterocycles. The Kier molecular flexibility index (Phi) is 5.77. The molecule has 4 heteroatoms. The van der Waals surface area contributed by atoms with Gasteiger partial charge in [-0.2, -0.15) is 0 Å². The monoisotopic (exact) mass is 313 g/mol. The average molecular weight is 313 g/mol. The average Bonchev–Trinajstić information content (AvgIpc) is 2.51. The lowest BCUT2D eigenvalue weighted by molar-refractivity contribution is 0.102. The van der Waals surface area contributed by atoms with E-state index >= 15 is 0 Å². The zero-order chi connectivity index (χ0) is 16.8. The van der Waals surface area contributed by atoms with Gasteiger partial charge in [0.2, 0.25) is 0 Å². The van der Waals surface area contributed by atoms with Crippen molar-refractivity contribution >= 4 is 11.6 Å². The van der Waals surface area contributed by atoms with Crippen LogP contribution in [-0.4, -0.2) is 26.2 Å². The summed E-state index contributed by atoms with van der Waals surface area (Å²) in [7, 11) is 1.63. The molecule has 0 radical (unpaired) electrons. The Balaban J connectivity index is 2.06. The molecule has 0 saturated carbocycles. The first-order valence-electron chi connectivity index (χ1n) is 7.62. The summed E-state index contributed by atoms with van der Waals surface area (Å²) in [6, 6.07) is 11.2. The number of nitrogens with one attached hydrogen (secondary N) is 1. The van der Waals surface area contributed by atoms with Crippen LogP contribution >= 0.6 is 0 Å². The van der Waals surface area contributed by atoms with E-state index in [1.54, 1.807) is 31.4 Å². The minimum Gasteiger partial charge on any atom is -0.491 e. The van der Waals surface area contributed by atoms with Crippen molar-refractivity contribution in [1.82, 2.24) is 0 Å². The van der Waals surface area contributed by atoms with Crippen LogP contribution in [0.5, 0.6) is 5.75 Å². The highest BCUT2D eigenvalue weighted by Gasteiger charge is 2.10. The topological polar surface area (TPSA) is 47.6 Å². The Morgan fingerprint density at radius 3 is 2.17 bits per heavy atom. The molecule has 4 nitrogen and oxygen atoms in total. The lowest BCUT2D eigenvalue weighted by atomic mass is 10.0. The highest BCUT2D eigenvalue weighted by molar-refractivity contribution is 6.05. The van der Waals surface area contributed by atoms with Gasteiger partial charge < -0.3 is 14.8 Å². The SMILES string of the molecule is COCCOc1ccc(C(=O)Nc2c(C)cc(C)cc2C)cc1. The molecular weight excluding hydrogens is 290 g/mol. The van der Waals surface area contributed by atoms with Crippen molar-refractivity contribution in [3.8, 4) is 5.75 Å². The molecule has 0 spiro atoms. The summed E-state index contributed by atoms with van der Waals surface area (Å²) in [5.74, 6) is 0.602. The zero-order valence-corrected chi connectivity index (χ0v) is 14.1. The minimum absolute atomic E-state index is 0.122. The molecule has 2 aromatic carbocycles. The summed E-state index contributed by atoms with van der Waals surface area (Å²) in [5, 5.41) is 2.99. The molecule has 0 aliphatic heterocycles. The van der Waals surface area contributed by atoms with Gasteiger partial charge in [0, 0.05) is 18.4 Å². The first-order valence-corrected chi connectivity index (χ1v) is 7.62. The number of methoxy groups -OCH3 is 1. The van der Waals surface area contributed by atoms with E-state index in [1.807, 2.05) is 20.8 Å². The maximum Gasteiger partial charge on any atom is 0.255 e. The van der Waals surface area contributed by atoms with Crippen molar-refractivity contribution in [1.29, 1.82) is 0 Å². The van der Waals surface area contributed by atoms with Crippen LogP contribution in [0.2, 0.25) is 0 Å². The summed E-state index contributed by atoms with van der Waals surface area (Å²) < 4.78 is 10.4. The molecular formula is C19H23NO3. The van der Waals surface area contributed by atoms with Gasteiger partial charge in [0.15, 0.2) is 0 Å². The Bertz CT molecular complexity index is 655. The third-order valence-corrected chi connectivity index (χ3v) is 3.59. The highest BCUT2D eigenvalue weighted by Crippen LogP contribution is 2.23. The number of rotatable bonds is 6. The first-order chi connectivity index (χ1) is 11.0. The fraction of sp³-hybridized carbons (Fsp3) is 0.316. The highest BCUT2D eigenvalue weighted by atomic mass is 16.5. The number of amides is 1. The number of carbonyl (C=O) groups is 1. The molecule has 0 unspecified atom stereocenters. The summed E-state index contributed by atoms with van der Waals surface area (Å²) in [6.07, 6.45) is 0. The van der Waals surface area contributed by atoms with Gasteiger partial charge in [0.25, 0.3) is 5.91 Å². The molecule has 0 aliphatic rings. The standard InChI is InChI=1S/C19H23NO3/c1-13-11-14(2)18(15(3)12-13)20-19(21)16-5-7-17(8-6-16)23-10-9-22-4/h5-8,11-12H,9-10H2,1-4H3,(H,20,21). The molecule has 0 aliphatic carbocycles. The third kappa shape index (κ3) is 4.57.